The molecule has 0 aliphatic carbocycles. The van der Waals surface area contributed by atoms with Crippen molar-refractivity contribution < 1.29 is 9.53 Å². The topological polar surface area (TPSA) is 64.4 Å². The van der Waals surface area contributed by atoms with E-state index in [0.29, 0.717) is 46.7 Å². The predicted molar refractivity (Wildman–Crippen MR) is 167 cm³/mol. The maximum Gasteiger partial charge on any atom is 0.266 e. The van der Waals surface area contributed by atoms with Crippen LogP contribution >= 0.6 is 0 Å². The number of rotatable bonds is 8. The fourth-order valence-electron chi connectivity index (χ4n) is 5.63. The SMILES string of the molecule is CCC(c1nc2ccccc2c(=O)n1-c1ccccc1OC)N(Cc1ccccc1)C(=O)c1cccc2ccccc12. The molecule has 0 radical (unpaired) electrons. The standard InChI is InChI=1S/C36H31N3O3/c1-3-31(34-37-30-21-10-9-19-29(30)36(41)39(34)32-22-11-12-23-33(32)42-2)38(24-25-14-5-4-6-15-25)35(40)28-20-13-17-26-16-7-8-18-27(26)28/h4-23,31H,3,24H2,1-2H3. The minimum absolute atomic E-state index is 0.128. The van der Waals surface area contributed by atoms with Crippen LogP contribution in [0, 0.1) is 0 Å². The number of methoxy groups -OCH3 is 1. The van der Waals surface area contributed by atoms with Gasteiger partial charge < -0.3 is 9.64 Å². The predicted octanol–water partition coefficient (Wildman–Crippen LogP) is 7.34. The summed E-state index contributed by atoms with van der Waals surface area (Å²) in [6, 6.07) is 37.8. The molecule has 0 aliphatic heterocycles. The molecule has 6 heteroatoms. The summed E-state index contributed by atoms with van der Waals surface area (Å²) in [5, 5.41) is 2.37. The highest BCUT2D eigenvalue weighted by atomic mass is 16.5. The molecule has 0 aliphatic rings. The van der Waals surface area contributed by atoms with E-state index in [9.17, 15) is 9.59 Å². The van der Waals surface area contributed by atoms with Gasteiger partial charge in [0.25, 0.3) is 11.5 Å². The van der Waals surface area contributed by atoms with E-state index < -0.39 is 6.04 Å². The van der Waals surface area contributed by atoms with Crippen molar-refractivity contribution >= 4 is 27.6 Å². The molecular weight excluding hydrogens is 522 g/mol. The number of carbonyl (C=O) groups is 1. The number of ether oxygens (including phenoxy) is 1. The Hall–Kier alpha value is -5.23. The summed E-state index contributed by atoms with van der Waals surface area (Å²) < 4.78 is 7.30. The van der Waals surface area contributed by atoms with Gasteiger partial charge in [0.2, 0.25) is 0 Å². The van der Waals surface area contributed by atoms with Gasteiger partial charge >= 0.3 is 0 Å². The minimum Gasteiger partial charge on any atom is -0.495 e. The van der Waals surface area contributed by atoms with Crippen LogP contribution in [0.3, 0.4) is 0 Å². The van der Waals surface area contributed by atoms with Crippen LogP contribution in [0.25, 0.3) is 27.4 Å². The summed E-state index contributed by atoms with van der Waals surface area (Å²) in [5.74, 6) is 0.898. The van der Waals surface area contributed by atoms with Gasteiger partial charge in [-0.1, -0.05) is 97.9 Å². The summed E-state index contributed by atoms with van der Waals surface area (Å²) >= 11 is 0. The molecule has 42 heavy (non-hydrogen) atoms. The number of benzene rings is 5. The lowest BCUT2D eigenvalue weighted by atomic mass is 10.0. The Kier molecular flexibility index (Phi) is 7.52. The number of hydrogen-bond acceptors (Lipinski definition) is 4. The average Bonchev–Trinajstić information content (AvgIpc) is 3.04. The van der Waals surface area contributed by atoms with E-state index in [1.54, 1.807) is 17.7 Å². The van der Waals surface area contributed by atoms with Crippen molar-refractivity contribution in [3.8, 4) is 11.4 Å². The van der Waals surface area contributed by atoms with Crippen LogP contribution < -0.4 is 10.3 Å². The Morgan fingerprint density at radius 3 is 2.26 bits per heavy atom. The van der Waals surface area contributed by atoms with Crippen molar-refractivity contribution in [2.24, 2.45) is 0 Å². The Labute approximate surface area is 244 Å². The molecule has 6 aromatic rings. The molecule has 1 atom stereocenters. The number of hydrogen-bond donors (Lipinski definition) is 0. The number of fused-ring (bicyclic) bond motifs is 2. The number of carbonyl (C=O) groups excluding carboxylic acids is 1. The number of amides is 1. The van der Waals surface area contributed by atoms with Crippen molar-refractivity contribution in [3.05, 3.63) is 149 Å². The third-order valence-electron chi connectivity index (χ3n) is 7.67. The fraction of sp³-hybridized carbons (Fsp3) is 0.139. The van der Waals surface area contributed by atoms with Crippen molar-refractivity contribution in [2.45, 2.75) is 25.9 Å². The maximum absolute atomic E-state index is 14.6. The van der Waals surface area contributed by atoms with E-state index in [1.165, 1.54) is 0 Å². The zero-order chi connectivity index (χ0) is 29.1. The Bertz CT molecular complexity index is 1940. The smallest absolute Gasteiger partial charge is 0.266 e. The van der Waals surface area contributed by atoms with E-state index >= 15 is 0 Å². The first kappa shape index (κ1) is 27.0. The summed E-state index contributed by atoms with van der Waals surface area (Å²) in [5.41, 5.74) is 2.54. The largest absolute Gasteiger partial charge is 0.495 e. The third-order valence-corrected chi connectivity index (χ3v) is 7.67. The van der Waals surface area contributed by atoms with Gasteiger partial charge in [-0.3, -0.25) is 14.2 Å². The molecule has 0 N–H and O–H groups in total. The molecule has 208 valence electrons. The highest BCUT2D eigenvalue weighted by Crippen LogP contribution is 2.32. The number of nitrogens with zero attached hydrogens (tertiary/aromatic N) is 3. The zero-order valence-corrected chi connectivity index (χ0v) is 23.6. The normalized spacial score (nSPS) is 11.9. The van der Waals surface area contributed by atoms with Crippen LogP contribution in [-0.2, 0) is 6.54 Å². The Morgan fingerprint density at radius 1 is 0.810 bits per heavy atom. The van der Waals surface area contributed by atoms with Crippen molar-refractivity contribution in [3.63, 3.8) is 0 Å². The van der Waals surface area contributed by atoms with Crippen molar-refractivity contribution in [1.29, 1.82) is 0 Å². The van der Waals surface area contributed by atoms with Crippen LogP contribution in [0.5, 0.6) is 5.75 Å². The molecule has 0 saturated heterocycles. The van der Waals surface area contributed by atoms with Crippen LogP contribution in [0.4, 0.5) is 0 Å². The molecule has 0 spiro atoms. The first-order valence-corrected chi connectivity index (χ1v) is 14.1. The van der Waals surface area contributed by atoms with Crippen LogP contribution in [0.15, 0.2) is 126 Å². The minimum atomic E-state index is -0.529. The van der Waals surface area contributed by atoms with Crippen LogP contribution in [0.2, 0.25) is 0 Å². The van der Waals surface area contributed by atoms with Gasteiger partial charge in [-0.2, -0.15) is 0 Å². The fourth-order valence-corrected chi connectivity index (χ4v) is 5.63. The molecule has 6 nitrogen and oxygen atoms in total. The van der Waals surface area contributed by atoms with Gasteiger partial charge in [0.15, 0.2) is 0 Å². The number of aromatic nitrogens is 2. The second-order valence-corrected chi connectivity index (χ2v) is 10.2. The highest BCUT2D eigenvalue weighted by molar-refractivity contribution is 6.07. The molecule has 6 rings (SSSR count). The Morgan fingerprint density at radius 2 is 1.48 bits per heavy atom. The molecule has 5 aromatic carbocycles. The quantitative estimate of drug-likeness (QED) is 0.198. The second kappa shape index (κ2) is 11.7. The zero-order valence-electron chi connectivity index (χ0n) is 23.6. The lowest BCUT2D eigenvalue weighted by molar-refractivity contribution is 0.0642. The summed E-state index contributed by atoms with van der Waals surface area (Å²) in [7, 11) is 1.58. The van der Waals surface area contributed by atoms with Crippen molar-refractivity contribution in [2.75, 3.05) is 7.11 Å². The lowest BCUT2D eigenvalue weighted by Crippen LogP contribution is -2.38. The van der Waals surface area contributed by atoms with Gasteiger partial charge in [-0.15, -0.1) is 0 Å². The summed E-state index contributed by atoms with van der Waals surface area (Å²) in [6.07, 6.45) is 0.531. The summed E-state index contributed by atoms with van der Waals surface area (Å²) in [4.78, 5) is 35.8. The van der Waals surface area contributed by atoms with E-state index in [-0.39, 0.29) is 11.5 Å². The lowest BCUT2D eigenvalue weighted by Gasteiger charge is -2.33. The van der Waals surface area contributed by atoms with Crippen LogP contribution in [-0.4, -0.2) is 27.5 Å². The van der Waals surface area contributed by atoms with E-state index in [2.05, 4.69) is 0 Å². The van der Waals surface area contributed by atoms with Gasteiger partial charge in [-0.05, 0) is 53.1 Å². The Balaban J connectivity index is 1.61. The molecule has 0 bridgehead atoms. The van der Waals surface area contributed by atoms with E-state index in [1.807, 2.05) is 127 Å². The van der Waals surface area contributed by atoms with Crippen molar-refractivity contribution in [1.82, 2.24) is 14.5 Å². The third kappa shape index (κ3) is 4.92. The summed E-state index contributed by atoms with van der Waals surface area (Å²) in [6.45, 7) is 2.36. The van der Waals surface area contributed by atoms with E-state index in [0.717, 1.165) is 16.3 Å². The van der Waals surface area contributed by atoms with Gasteiger partial charge in [0.05, 0.1) is 29.7 Å². The molecule has 0 fully saturated rings. The van der Waals surface area contributed by atoms with Crippen LogP contribution in [0.1, 0.15) is 41.1 Å². The second-order valence-electron chi connectivity index (χ2n) is 10.2. The molecule has 0 saturated carbocycles. The molecule has 1 unspecified atom stereocenters. The molecule has 1 amide bonds. The highest BCUT2D eigenvalue weighted by Gasteiger charge is 2.31. The molecule has 1 aromatic heterocycles. The maximum atomic E-state index is 14.6. The first-order chi connectivity index (χ1) is 20.6. The molecular formula is C36H31N3O3. The average molecular weight is 554 g/mol. The number of para-hydroxylation sites is 3. The van der Waals surface area contributed by atoms with E-state index in [4.69, 9.17) is 9.72 Å². The first-order valence-electron chi connectivity index (χ1n) is 14.1. The monoisotopic (exact) mass is 553 g/mol. The molecule has 1 heterocycles. The van der Waals surface area contributed by atoms with Gasteiger partial charge in [0.1, 0.15) is 11.6 Å². The van der Waals surface area contributed by atoms with Gasteiger partial charge in [0, 0.05) is 12.1 Å². The van der Waals surface area contributed by atoms with Gasteiger partial charge in [-0.25, -0.2) is 4.98 Å².